The standard InChI is InChI=1S/C32H30N4O7/c33-29(34)21-1-13-27(14-2-21)42-31(37)23-5-9-25(10-6-23)40-19-17-39-18-20-41-26-11-7-24(8-12-26)32(38)43-28-15-3-22(4-16-28)30(35)36/h1-16H,17-20H2,(H3,33,34)(H3,35,36). The number of hydrogen-bond donors (Lipinski definition) is 4. The van der Waals surface area contributed by atoms with E-state index in [1.807, 2.05) is 0 Å². The number of ether oxygens (including phenoxy) is 5. The van der Waals surface area contributed by atoms with Gasteiger partial charge in [-0.25, -0.2) is 9.59 Å². The van der Waals surface area contributed by atoms with Gasteiger partial charge in [0, 0.05) is 11.1 Å². The second-order valence-electron chi connectivity index (χ2n) is 9.01. The van der Waals surface area contributed by atoms with Gasteiger partial charge in [0.25, 0.3) is 0 Å². The first-order valence-corrected chi connectivity index (χ1v) is 13.2. The minimum Gasteiger partial charge on any atom is -0.491 e. The molecule has 6 N–H and O–H groups in total. The lowest BCUT2D eigenvalue weighted by molar-refractivity contribution is 0.0725. The molecule has 0 aromatic heterocycles. The summed E-state index contributed by atoms with van der Waals surface area (Å²) in [7, 11) is 0. The van der Waals surface area contributed by atoms with Crippen LogP contribution in [0.1, 0.15) is 31.8 Å². The van der Waals surface area contributed by atoms with Gasteiger partial charge in [0.1, 0.15) is 47.9 Å². The molecule has 0 bridgehead atoms. The molecule has 11 nitrogen and oxygen atoms in total. The Hall–Kier alpha value is -5.68. The Labute approximate surface area is 247 Å². The van der Waals surface area contributed by atoms with Crippen LogP contribution in [0.4, 0.5) is 0 Å². The zero-order valence-electron chi connectivity index (χ0n) is 23.1. The van der Waals surface area contributed by atoms with Crippen LogP contribution < -0.4 is 30.4 Å². The first-order valence-electron chi connectivity index (χ1n) is 13.2. The SMILES string of the molecule is N=C(N)c1ccc(OC(=O)c2ccc(OCCOCCOc3ccc(C(=O)Oc4ccc(C(=N)N)cc4)cc3)cc2)cc1. The van der Waals surface area contributed by atoms with Crippen LogP contribution in [0.2, 0.25) is 0 Å². The van der Waals surface area contributed by atoms with Crippen LogP contribution in [0.5, 0.6) is 23.0 Å². The third-order valence-corrected chi connectivity index (χ3v) is 5.92. The number of nitrogens with one attached hydrogen (secondary N) is 2. The van der Waals surface area contributed by atoms with Crippen molar-refractivity contribution in [1.29, 1.82) is 10.8 Å². The first-order chi connectivity index (χ1) is 20.8. The van der Waals surface area contributed by atoms with E-state index in [2.05, 4.69) is 0 Å². The zero-order valence-corrected chi connectivity index (χ0v) is 23.1. The highest BCUT2D eigenvalue weighted by Crippen LogP contribution is 2.18. The molecule has 220 valence electrons. The molecule has 4 aromatic rings. The number of esters is 2. The molecule has 0 saturated heterocycles. The molecule has 0 radical (unpaired) electrons. The number of carbonyl (C=O) groups is 2. The number of amidine groups is 2. The summed E-state index contributed by atoms with van der Waals surface area (Å²) in [5, 5.41) is 14.8. The third-order valence-electron chi connectivity index (χ3n) is 5.92. The summed E-state index contributed by atoms with van der Waals surface area (Å²) < 4.78 is 27.5. The van der Waals surface area contributed by atoms with E-state index in [-0.39, 0.29) is 11.7 Å². The molecule has 43 heavy (non-hydrogen) atoms. The number of nitrogen functional groups attached to an aromatic ring is 2. The molecule has 0 heterocycles. The van der Waals surface area contributed by atoms with Gasteiger partial charge in [-0.05, 0) is 97.1 Å². The van der Waals surface area contributed by atoms with E-state index in [1.165, 1.54) is 0 Å². The van der Waals surface area contributed by atoms with Crippen molar-refractivity contribution < 1.29 is 33.3 Å². The maximum Gasteiger partial charge on any atom is 0.343 e. The molecular formula is C32H30N4O7. The smallest absolute Gasteiger partial charge is 0.343 e. The molecule has 0 amide bonds. The normalized spacial score (nSPS) is 10.4. The molecule has 0 atom stereocenters. The fourth-order valence-electron chi connectivity index (χ4n) is 3.65. The fraction of sp³-hybridized carbons (Fsp3) is 0.125. The van der Waals surface area contributed by atoms with Gasteiger partial charge in [-0.2, -0.15) is 0 Å². The fourth-order valence-corrected chi connectivity index (χ4v) is 3.65. The molecule has 0 aliphatic heterocycles. The van der Waals surface area contributed by atoms with E-state index in [0.29, 0.717) is 71.7 Å². The predicted octanol–water partition coefficient (Wildman–Crippen LogP) is 4.17. The molecule has 4 rings (SSSR count). The average Bonchev–Trinajstić information content (AvgIpc) is 3.01. The molecule has 0 aliphatic rings. The lowest BCUT2D eigenvalue weighted by Gasteiger charge is -2.10. The Bertz CT molecular complexity index is 1430. The van der Waals surface area contributed by atoms with Gasteiger partial charge >= 0.3 is 11.9 Å². The van der Waals surface area contributed by atoms with E-state index in [4.69, 9.17) is 46.0 Å². The quantitative estimate of drug-likeness (QED) is 0.0558. The van der Waals surface area contributed by atoms with Gasteiger partial charge in [0.2, 0.25) is 0 Å². The van der Waals surface area contributed by atoms with E-state index >= 15 is 0 Å². The molecule has 11 heteroatoms. The summed E-state index contributed by atoms with van der Waals surface area (Å²) in [6.45, 7) is 1.28. The van der Waals surface area contributed by atoms with Gasteiger partial charge in [-0.3, -0.25) is 10.8 Å². The van der Waals surface area contributed by atoms with Crippen molar-refractivity contribution in [2.24, 2.45) is 11.5 Å². The van der Waals surface area contributed by atoms with Crippen molar-refractivity contribution in [3.63, 3.8) is 0 Å². The molecule has 0 spiro atoms. The van der Waals surface area contributed by atoms with Crippen LogP contribution in [0, 0.1) is 10.8 Å². The van der Waals surface area contributed by atoms with Crippen molar-refractivity contribution in [3.05, 3.63) is 119 Å². The van der Waals surface area contributed by atoms with E-state index < -0.39 is 11.9 Å². The predicted molar refractivity (Wildman–Crippen MR) is 160 cm³/mol. The molecule has 4 aromatic carbocycles. The number of nitrogens with two attached hydrogens (primary N) is 2. The van der Waals surface area contributed by atoms with Crippen molar-refractivity contribution in [1.82, 2.24) is 0 Å². The maximum atomic E-state index is 12.4. The highest BCUT2D eigenvalue weighted by atomic mass is 16.5. The number of rotatable bonds is 14. The summed E-state index contributed by atoms with van der Waals surface area (Å²) in [5.41, 5.74) is 12.7. The van der Waals surface area contributed by atoms with Gasteiger partial charge in [0.05, 0.1) is 24.3 Å². The van der Waals surface area contributed by atoms with Gasteiger partial charge in [0.15, 0.2) is 0 Å². The Morgan fingerprint density at radius 1 is 0.465 bits per heavy atom. The maximum absolute atomic E-state index is 12.4. The number of hydrogen-bond acceptors (Lipinski definition) is 9. The van der Waals surface area contributed by atoms with Crippen LogP contribution in [0.3, 0.4) is 0 Å². The van der Waals surface area contributed by atoms with E-state index in [0.717, 1.165) is 0 Å². The lowest BCUT2D eigenvalue weighted by atomic mass is 10.2. The summed E-state index contributed by atoms with van der Waals surface area (Å²) in [6.07, 6.45) is 0. The van der Waals surface area contributed by atoms with Crippen LogP contribution >= 0.6 is 0 Å². The van der Waals surface area contributed by atoms with Gasteiger partial charge in [-0.15, -0.1) is 0 Å². The van der Waals surface area contributed by atoms with E-state index in [1.54, 1.807) is 97.1 Å². The van der Waals surface area contributed by atoms with Crippen molar-refractivity contribution in [3.8, 4) is 23.0 Å². The van der Waals surface area contributed by atoms with Crippen molar-refractivity contribution >= 4 is 23.6 Å². The third kappa shape index (κ3) is 9.17. The first kappa shape index (κ1) is 30.3. The largest absolute Gasteiger partial charge is 0.491 e. The molecule has 0 fully saturated rings. The zero-order chi connectivity index (χ0) is 30.6. The minimum atomic E-state index is -0.516. The van der Waals surface area contributed by atoms with Crippen molar-refractivity contribution in [2.75, 3.05) is 26.4 Å². The highest BCUT2D eigenvalue weighted by molar-refractivity contribution is 5.96. The minimum absolute atomic E-state index is 0.0622. The number of benzene rings is 4. The Kier molecular flexibility index (Phi) is 10.4. The second kappa shape index (κ2) is 14.8. The molecule has 0 aliphatic carbocycles. The van der Waals surface area contributed by atoms with Gasteiger partial charge in [-0.1, -0.05) is 0 Å². The second-order valence-corrected chi connectivity index (χ2v) is 9.01. The molecule has 0 unspecified atom stereocenters. The topological polar surface area (TPSA) is 180 Å². The average molecular weight is 583 g/mol. The van der Waals surface area contributed by atoms with Gasteiger partial charge < -0.3 is 35.2 Å². The van der Waals surface area contributed by atoms with E-state index in [9.17, 15) is 9.59 Å². The lowest BCUT2D eigenvalue weighted by Crippen LogP contribution is -2.13. The van der Waals surface area contributed by atoms with Crippen LogP contribution in [-0.4, -0.2) is 50.0 Å². The Balaban J connectivity index is 1.10. The summed E-state index contributed by atoms with van der Waals surface area (Å²) >= 11 is 0. The Morgan fingerprint density at radius 3 is 1.09 bits per heavy atom. The number of carbonyl (C=O) groups excluding carboxylic acids is 2. The summed E-state index contributed by atoms with van der Waals surface area (Å²) in [4.78, 5) is 24.7. The molecule has 0 saturated carbocycles. The summed E-state index contributed by atoms with van der Waals surface area (Å²) in [6, 6.07) is 25.8. The van der Waals surface area contributed by atoms with Crippen LogP contribution in [-0.2, 0) is 4.74 Å². The molecular weight excluding hydrogens is 552 g/mol. The van der Waals surface area contributed by atoms with Crippen LogP contribution in [0.15, 0.2) is 97.1 Å². The monoisotopic (exact) mass is 582 g/mol. The Morgan fingerprint density at radius 2 is 0.767 bits per heavy atom. The van der Waals surface area contributed by atoms with Crippen molar-refractivity contribution in [2.45, 2.75) is 0 Å². The summed E-state index contributed by atoms with van der Waals surface area (Å²) in [5.74, 6) is 0.699. The van der Waals surface area contributed by atoms with Crippen LogP contribution in [0.25, 0.3) is 0 Å². The highest BCUT2D eigenvalue weighted by Gasteiger charge is 2.11.